The maximum atomic E-state index is 12.7. The lowest BCUT2D eigenvalue weighted by Gasteiger charge is -2.32. The first kappa shape index (κ1) is 18.9. The van der Waals surface area contributed by atoms with E-state index in [0.29, 0.717) is 5.82 Å². The minimum Gasteiger partial charge on any atom is -0.356 e. The molecule has 1 aliphatic heterocycles. The molecule has 1 aliphatic carbocycles. The van der Waals surface area contributed by atoms with Crippen LogP contribution < -0.4 is 10.2 Å². The summed E-state index contributed by atoms with van der Waals surface area (Å²) < 4.78 is 0.899. The van der Waals surface area contributed by atoms with Gasteiger partial charge in [-0.2, -0.15) is 0 Å². The number of carbonyl (C=O) groups excluding carboxylic acids is 1. The number of anilines is 2. The van der Waals surface area contributed by atoms with E-state index in [2.05, 4.69) is 41.1 Å². The SMILES string of the molecule is O=C(Nc1ccc(Br)cn1)C1CCN(c2ncnc3sc4c(c23)CCCC4)CC1. The third-order valence-corrected chi connectivity index (χ3v) is 7.54. The normalized spacial score (nSPS) is 17.3. The van der Waals surface area contributed by atoms with E-state index >= 15 is 0 Å². The predicted octanol–water partition coefficient (Wildman–Crippen LogP) is 4.58. The van der Waals surface area contributed by atoms with E-state index in [1.54, 1.807) is 12.5 Å². The van der Waals surface area contributed by atoms with Crippen LogP contribution >= 0.6 is 27.3 Å². The predicted molar refractivity (Wildman–Crippen MR) is 120 cm³/mol. The van der Waals surface area contributed by atoms with Gasteiger partial charge in [-0.05, 0) is 72.2 Å². The molecule has 4 heterocycles. The Kier molecular flexibility index (Phi) is 5.22. The summed E-state index contributed by atoms with van der Waals surface area (Å²) in [4.78, 5) is 31.0. The van der Waals surface area contributed by atoms with Crippen molar-refractivity contribution in [2.24, 2.45) is 5.92 Å². The van der Waals surface area contributed by atoms with Gasteiger partial charge < -0.3 is 10.2 Å². The fourth-order valence-corrected chi connectivity index (χ4v) is 5.80. The number of hydrogen-bond acceptors (Lipinski definition) is 6. The van der Waals surface area contributed by atoms with Crippen molar-refractivity contribution in [3.63, 3.8) is 0 Å². The molecular weight excluding hydrogens is 450 g/mol. The van der Waals surface area contributed by atoms with Crippen molar-refractivity contribution in [1.29, 1.82) is 0 Å². The van der Waals surface area contributed by atoms with E-state index < -0.39 is 0 Å². The van der Waals surface area contributed by atoms with Gasteiger partial charge in [0, 0.05) is 34.6 Å². The Morgan fingerprint density at radius 3 is 2.76 bits per heavy atom. The molecule has 0 saturated carbocycles. The quantitative estimate of drug-likeness (QED) is 0.604. The van der Waals surface area contributed by atoms with Gasteiger partial charge in [0.25, 0.3) is 0 Å². The second-order valence-corrected chi connectivity index (χ2v) is 9.70. The fraction of sp³-hybridized carbons (Fsp3) is 0.429. The van der Waals surface area contributed by atoms with Crippen LogP contribution in [0.15, 0.2) is 29.1 Å². The van der Waals surface area contributed by atoms with Crippen molar-refractivity contribution in [1.82, 2.24) is 15.0 Å². The molecule has 150 valence electrons. The number of aryl methyl sites for hydroxylation is 2. The van der Waals surface area contributed by atoms with Crippen molar-refractivity contribution in [2.45, 2.75) is 38.5 Å². The van der Waals surface area contributed by atoms with Crippen LogP contribution in [0, 0.1) is 5.92 Å². The van der Waals surface area contributed by atoms with Crippen LogP contribution in [-0.4, -0.2) is 33.9 Å². The van der Waals surface area contributed by atoms with Crippen molar-refractivity contribution in [3.05, 3.63) is 39.6 Å². The highest BCUT2D eigenvalue weighted by Gasteiger charge is 2.28. The molecule has 0 unspecified atom stereocenters. The van der Waals surface area contributed by atoms with Crippen LogP contribution in [0.2, 0.25) is 0 Å². The Hall–Kier alpha value is -2.06. The largest absolute Gasteiger partial charge is 0.356 e. The number of carbonyl (C=O) groups is 1. The van der Waals surface area contributed by atoms with Gasteiger partial charge in [-0.1, -0.05) is 0 Å². The summed E-state index contributed by atoms with van der Waals surface area (Å²) in [7, 11) is 0. The Morgan fingerprint density at radius 1 is 1.14 bits per heavy atom. The molecule has 2 aliphatic rings. The van der Waals surface area contributed by atoms with Gasteiger partial charge in [0.2, 0.25) is 5.91 Å². The van der Waals surface area contributed by atoms with E-state index in [9.17, 15) is 4.79 Å². The van der Waals surface area contributed by atoms with Crippen LogP contribution in [0.4, 0.5) is 11.6 Å². The summed E-state index contributed by atoms with van der Waals surface area (Å²) in [5, 5.41) is 4.20. The average molecular weight is 472 g/mol. The molecule has 1 amide bonds. The van der Waals surface area contributed by atoms with E-state index in [1.807, 2.05) is 23.5 Å². The van der Waals surface area contributed by atoms with Gasteiger partial charge in [0.1, 0.15) is 22.8 Å². The number of amides is 1. The molecule has 0 spiro atoms. The highest BCUT2D eigenvalue weighted by Crippen LogP contribution is 2.40. The molecule has 0 atom stereocenters. The maximum absolute atomic E-state index is 12.7. The van der Waals surface area contributed by atoms with Crippen LogP contribution in [0.3, 0.4) is 0 Å². The number of thiophene rings is 1. The Morgan fingerprint density at radius 2 is 1.97 bits per heavy atom. The summed E-state index contributed by atoms with van der Waals surface area (Å²) >= 11 is 5.20. The van der Waals surface area contributed by atoms with Gasteiger partial charge in [0.15, 0.2) is 0 Å². The number of rotatable bonds is 3. The first-order chi connectivity index (χ1) is 14.2. The first-order valence-electron chi connectivity index (χ1n) is 10.1. The van der Waals surface area contributed by atoms with E-state index in [1.165, 1.54) is 35.1 Å². The van der Waals surface area contributed by atoms with Crippen LogP contribution in [0.5, 0.6) is 0 Å². The van der Waals surface area contributed by atoms with Crippen LogP contribution in [0.25, 0.3) is 10.2 Å². The van der Waals surface area contributed by atoms with Crippen LogP contribution in [-0.2, 0) is 17.6 Å². The first-order valence-corrected chi connectivity index (χ1v) is 11.7. The highest BCUT2D eigenvalue weighted by atomic mass is 79.9. The molecule has 3 aromatic rings. The fourth-order valence-electron chi connectivity index (χ4n) is 4.34. The molecule has 1 saturated heterocycles. The molecule has 1 N–H and O–H groups in total. The van der Waals surface area contributed by atoms with Gasteiger partial charge in [-0.25, -0.2) is 15.0 Å². The summed E-state index contributed by atoms with van der Waals surface area (Å²) in [6.07, 6.45) is 9.85. The number of nitrogens with zero attached hydrogens (tertiary/aromatic N) is 4. The summed E-state index contributed by atoms with van der Waals surface area (Å²) in [6, 6.07) is 3.70. The van der Waals surface area contributed by atoms with Gasteiger partial charge >= 0.3 is 0 Å². The van der Waals surface area contributed by atoms with Gasteiger partial charge in [-0.3, -0.25) is 4.79 Å². The van der Waals surface area contributed by atoms with Crippen molar-refractivity contribution < 1.29 is 4.79 Å². The minimum absolute atomic E-state index is 0.00501. The van der Waals surface area contributed by atoms with Crippen molar-refractivity contribution in [2.75, 3.05) is 23.3 Å². The van der Waals surface area contributed by atoms with E-state index in [-0.39, 0.29) is 11.8 Å². The number of nitrogens with one attached hydrogen (secondary N) is 1. The summed E-state index contributed by atoms with van der Waals surface area (Å²) in [6.45, 7) is 1.67. The average Bonchev–Trinajstić information content (AvgIpc) is 3.14. The molecule has 1 fully saturated rings. The Bertz CT molecular complexity index is 1040. The lowest BCUT2D eigenvalue weighted by atomic mass is 9.94. The zero-order valence-corrected chi connectivity index (χ0v) is 18.4. The number of aromatic nitrogens is 3. The third kappa shape index (κ3) is 3.75. The summed E-state index contributed by atoms with van der Waals surface area (Å²) in [5.74, 6) is 1.72. The molecular formula is C21H22BrN5OS. The number of pyridine rings is 1. The van der Waals surface area contributed by atoms with E-state index in [0.717, 1.165) is 47.5 Å². The zero-order chi connectivity index (χ0) is 19.8. The zero-order valence-electron chi connectivity index (χ0n) is 16.0. The van der Waals surface area contributed by atoms with Crippen molar-refractivity contribution in [3.8, 4) is 0 Å². The maximum Gasteiger partial charge on any atom is 0.228 e. The molecule has 29 heavy (non-hydrogen) atoms. The van der Waals surface area contributed by atoms with Gasteiger partial charge in [0.05, 0.1) is 5.39 Å². The number of halogens is 1. The molecule has 0 radical (unpaired) electrons. The van der Waals surface area contributed by atoms with Crippen LogP contribution in [0.1, 0.15) is 36.1 Å². The molecule has 3 aromatic heterocycles. The van der Waals surface area contributed by atoms with Crippen molar-refractivity contribution >= 4 is 55.0 Å². The lowest BCUT2D eigenvalue weighted by molar-refractivity contribution is -0.120. The monoisotopic (exact) mass is 471 g/mol. The molecule has 0 bridgehead atoms. The second-order valence-electron chi connectivity index (χ2n) is 7.70. The standard InChI is InChI=1S/C21H22BrN5OS/c22-14-5-6-17(23-11-14)26-20(28)13-7-9-27(10-8-13)19-18-15-3-1-2-4-16(15)29-21(18)25-12-24-19/h5-6,11-13H,1-4,7-10H2,(H,23,26,28). The number of piperidine rings is 1. The third-order valence-electron chi connectivity index (χ3n) is 5.88. The second kappa shape index (κ2) is 7.99. The number of hydrogen-bond donors (Lipinski definition) is 1. The Labute approximate surface area is 181 Å². The topological polar surface area (TPSA) is 71.0 Å². The summed E-state index contributed by atoms with van der Waals surface area (Å²) in [5.41, 5.74) is 1.47. The van der Waals surface area contributed by atoms with E-state index in [4.69, 9.17) is 0 Å². The molecule has 5 rings (SSSR count). The number of fused-ring (bicyclic) bond motifs is 3. The van der Waals surface area contributed by atoms with Gasteiger partial charge in [-0.15, -0.1) is 11.3 Å². The lowest BCUT2D eigenvalue weighted by Crippen LogP contribution is -2.38. The highest BCUT2D eigenvalue weighted by molar-refractivity contribution is 9.10. The minimum atomic E-state index is 0.00501. The Balaban J connectivity index is 1.30. The molecule has 6 nitrogen and oxygen atoms in total. The molecule has 0 aromatic carbocycles. The molecule has 8 heteroatoms. The smallest absolute Gasteiger partial charge is 0.228 e.